The predicted molar refractivity (Wildman–Crippen MR) is 153 cm³/mol. The summed E-state index contributed by atoms with van der Waals surface area (Å²) in [5.41, 5.74) is 2.57. The molecule has 0 bridgehead atoms. The molecule has 5 N–H and O–H groups in total. The monoisotopic (exact) mass is 580 g/mol. The van der Waals surface area contributed by atoms with E-state index in [2.05, 4.69) is 41.8 Å². The fourth-order valence-electron chi connectivity index (χ4n) is 4.10. The fraction of sp³-hybridized carbons (Fsp3) is 0.333. The molecule has 0 unspecified atom stereocenters. The quantitative estimate of drug-likeness (QED) is 0.111. The maximum Gasteiger partial charge on any atom is 0.321 e. The zero-order valence-corrected chi connectivity index (χ0v) is 22.8. The topological polar surface area (TPSA) is 129 Å². The van der Waals surface area contributed by atoms with E-state index >= 15 is 0 Å². The molecule has 1 saturated heterocycles. The minimum Gasteiger partial charge on any atom is -0.369 e. The Labute approximate surface area is 231 Å². The molecule has 0 atom stereocenters. The van der Waals surface area contributed by atoms with Crippen LogP contribution in [0.3, 0.4) is 0 Å². The summed E-state index contributed by atoms with van der Waals surface area (Å²) in [6.07, 6.45) is 5.46. The second-order valence-corrected chi connectivity index (χ2v) is 9.93. The van der Waals surface area contributed by atoms with E-state index in [-0.39, 0.29) is 11.9 Å². The third kappa shape index (κ3) is 8.15. The highest BCUT2D eigenvalue weighted by Crippen LogP contribution is 2.23. The lowest BCUT2D eigenvalue weighted by Crippen LogP contribution is -2.38. The number of hydrogen-bond acceptors (Lipinski definition) is 7. The van der Waals surface area contributed by atoms with Crippen LogP contribution >= 0.6 is 15.9 Å². The van der Waals surface area contributed by atoms with Crippen LogP contribution in [-0.2, 0) is 11.2 Å². The van der Waals surface area contributed by atoms with E-state index in [9.17, 15) is 9.59 Å². The molecule has 0 radical (unpaired) electrons. The predicted octanol–water partition coefficient (Wildman–Crippen LogP) is 4.75. The van der Waals surface area contributed by atoms with Crippen molar-refractivity contribution in [3.63, 3.8) is 0 Å². The largest absolute Gasteiger partial charge is 0.369 e. The molecule has 4 rings (SSSR count). The Morgan fingerprint density at radius 1 is 1.05 bits per heavy atom. The molecule has 200 valence electrons. The molecule has 0 aliphatic carbocycles. The summed E-state index contributed by atoms with van der Waals surface area (Å²) in [6.45, 7) is 2.59. The highest BCUT2D eigenvalue weighted by Gasteiger charge is 2.18. The molecule has 10 nitrogen and oxygen atoms in total. The molecule has 1 aliphatic rings. The number of nitrogens with two attached hydrogens (primary N) is 1. The normalized spacial score (nSPS) is 12.7. The Bertz CT molecular complexity index is 1220. The zero-order chi connectivity index (χ0) is 26.7. The first-order valence-electron chi connectivity index (χ1n) is 12.8. The number of nitrogens with one attached hydrogen (secondary N) is 3. The van der Waals surface area contributed by atoms with Gasteiger partial charge in [0.1, 0.15) is 5.82 Å². The van der Waals surface area contributed by atoms with Crippen molar-refractivity contribution in [2.24, 2.45) is 5.84 Å². The van der Waals surface area contributed by atoms with Crippen molar-refractivity contribution in [2.75, 3.05) is 42.1 Å². The Balaban J connectivity index is 1.23. The number of hydrazine groups is 1. The van der Waals surface area contributed by atoms with Gasteiger partial charge in [-0.05, 0) is 65.4 Å². The molecular formula is C27H33BrN8O2. The first-order valence-corrected chi connectivity index (χ1v) is 13.6. The van der Waals surface area contributed by atoms with Crippen LogP contribution in [0.15, 0.2) is 65.3 Å². The molecule has 1 aromatic heterocycles. The molecule has 3 amide bonds. The highest BCUT2D eigenvalue weighted by atomic mass is 79.9. The van der Waals surface area contributed by atoms with Gasteiger partial charge in [-0.25, -0.2) is 15.6 Å². The van der Waals surface area contributed by atoms with Gasteiger partial charge < -0.3 is 20.9 Å². The standard InChI is InChI=1S/C27H33BrN8O2/c28-23-19-31-26(32-21-10-6-11-22(18-21)33-27(38)35-15-4-5-16-35)34-25(23)30-14-7-17-36(29)24(37)13-12-20-8-2-1-3-9-20/h1-3,6,8-11,18-19H,4-5,7,12-17,29H2,(H,33,38)(H2,30,31,32,34). The first kappa shape index (κ1) is 27.3. The number of benzene rings is 2. The molecule has 38 heavy (non-hydrogen) atoms. The van der Waals surface area contributed by atoms with Gasteiger partial charge in [0.15, 0.2) is 0 Å². The van der Waals surface area contributed by atoms with Crippen LogP contribution in [0, 0.1) is 0 Å². The summed E-state index contributed by atoms with van der Waals surface area (Å²) in [5.74, 6) is 6.92. The van der Waals surface area contributed by atoms with Gasteiger partial charge in [-0.1, -0.05) is 36.4 Å². The lowest BCUT2D eigenvalue weighted by molar-refractivity contribution is -0.131. The number of aryl methyl sites for hydroxylation is 1. The van der Waals surface area contributed by atoms with Crippen LogP contribution in [0.5, 0.6) is 0 Å². The number of urea groups is 1. The Kier molecular flexibility index (Phi) is 9.88. The SMILES string of the molecule is NN(CCCNc1nc(Nc2cccc(NC(=O)N3CCCC3)c2)ncc1Br)C(=O)CCc1ccccc1. The van der Waals surface area contributed by atoms with Crippen molar-refractivity contribution < 1.29 is 9.59 Å². The molecule has 2 heterocycles. The number of anilines is 4. The van der Waals surface area contributed by atoms with Gasteiger partial charge in [-0.15, -0.1) is 0 Å². The highest BCUT2D eigenvalue weighted by molar-refractivity contribution is 9.10. The van der Waals surface area contributed by atoms with E-state index in [0.29, 0.717) is 49.8 Å². The maximum absolute atomic E-state index is 12.4. The van der Waals surface area contributed by atoms with Crippen LogP contribution in [0.4, 0.5) is 27.9 Å². The van der Waals surface area contributed by atoms with Gasteiger partial charge >= 0.3 is 6.03 Å². The third-order valence-electron chi connectivity index (χ3n) is 6.17. The van der Waals surface area contributed by atoms with Gasteiger partial charge in [0.2, 0.25) is 11.9 Å². The molecular weight excluding hydrogens is 548 g/mol. The number of amides is 3. The Morgan fingerprint density at radius 2 is 1.82 bits per heavy atom. The van der Waals surface area contributed by atoms with Crippen molar-refractivity contribution in [1.29, 1.82) is 0 Å². The third-order valence-corrected chi connectivity index (χ3v) is 6.75. The summed E-state index contributed by atoms with van der Waals surface area (Å²) in [4.78, 5) is 35.4. The maximum atomic E-state index is 12.4. The molecule has 1 aliphatic heterocycles. The van der Waals surface area contributed by atoms with Gasteiger partial charge in [0.25, 0.3) is 0 Å². The molecule has 11 heteroatoms. The number of rotatable bonds is 11. The van der Waals surface area contributed by atoms with Gasteiger partial charge in [0, 0.05) is 50.2 Å². The van der Waals surface area contributed by atoms with Crippen molar-refractivity contribution in [2.45, 2.75) is 32.1 Å². The van der Waals surface area contributed by atoms with Crippen LogP contribution < -0.4 is 21.8 Å². The van der Waals surface area contributed by atoms with Gasteiger partial charge in [0.05, 0.1) is 4.47 Å². The van der Waals surface area contributed by atoms with Crippen molar-refractivity contribution in [1.82, 2.24) is 19.9 Å². The minimum absolute atomic E-state index is 0.0811. The molecule has 1 fully saturated rings. The minimum atomic E-state index is -0.0834. The summed E-state index contributed by atoms with van der Waals surface area (Å²) in [5, 5.41) is 10.7. The second kappa shape index (κ2) is 13.7. The molecule has 2 aromatic carbocycles. The first-order chi connectivity index (χ1) is 18.5. The zero-order valence-electron chi connectivity index (χ0n) is 21.2. The second-order valence-electron chi connectivity index (χ2n) is 9.07. The van der Waals surface area contributed by atoms with Crippen molar-refractivity contribution in [3.8, 4) is 0 Å². The van der Waals surface area contributed by atoms with Crippen molar-refractivity contribution in [3.05, 3.63) is 70.8 Å². The van der Waals surface area contributed by atoms with Crippen LogP contribution in [0.25, 0.3) is 0 Å². The Hall–Kier alpha value is -3.70. The number of carbonyl (C=O) groups is 2. The van der Waals surface area contributed by atoms with Crippen molar-refractivity contribution >= 4 is 51.0 Å². The number of nitrogens with zero attached hydrogens (tertiary/aromatic N) is 4. The van der Waals surface area contributed by atoms with Crippen LogP contribution in [0.1, 0.15) is 31.2 Å². The number of carbonyl (C=O) groups excluding carboxylic acids is 2. The van der Waals surface area contributed by atoms with Crippen LogP contribution in [0.2, 0.25) is 0 Å². The van der Waals surface area contributed by atoms with Crippen LogP contribution in [-0.4, -0.2) is 58.0 Å². The van der Waals surface area contributed by atoms with E-state index in [1.54, 1.807) is 6.20 Å². The summed E-state index contributed by atoms with van der Waals surface area (Å²) in [7, 11) is 0. The van der Waals surface area contributed by atoms with E-state index in [0.717, 1.165) is 41.7 Å². The fourth-order valence-corrected chi connectivity index (χ4v) is 4.43. The summed E-state index contributed by atoms with van der Waals surface area (Å²) >= 11 is 3.48. The average Bonchev–Trinajstić information content (AvgIpc) is 3.47. The molecule has 3 aromatic rings. The lowest BCUT2D eigenvalue weighted by atomic mass is 10.1. The Morgan fingerprint density at radius 3 is 2.61 bits per heavy atom. The van der Waals surface area contributed by atoms with E-state index < -0.39 is 0 Å². The van der Waals surface area contributed by atoms with Gasteiger partial charge in [-0.3, -0.25) is 9.80 Å². The smallest absolute Gasteiger partial charge is 0.321 e. The molecule has 0 spiro atoms. The average molecular weight is 582 g/mol. The number of likely N-dealkylation sites (tertiary alicyclic amines) is 1. The lowest BCUT2D eigenvalue weighted by Gasteiger charge is -2.17. The van der Waals surface area contributed by atoms with Gasteiger partial charge in [-0.2, -0.15) is 4.98 Å². The summed E-state index contributed by atoms with van der Waals surface area (Å²) in [6, 6.07) is 17.2. The van der Waals surface area contributed by atoms with E-state index in [1.165, 1.54) is 5.01 Å². The molecule has 0 saturated carbocycles. The van der Waals surface area contributed by atoms with E-state index in [4.69, 9.17) is 5.84 Å². The van der Waals surface area contributed by atoms with E-state index in [1.807, 2.05) is 59.5 Å². The number of hydrogen-bond donors (Lipinski definition) is 4. The summed E-state index contributed by atoms with van der Waals surface area (Å²) < 4.78 is 0.721. The number of halogens is 1. The number of aromatic nitrogens is 2.